The van der Waals surface area contributed by atoms with Crippen molar-refractivity contribution in [3.05, 3.63) is 11.8 Å². The summed E-state index contributed by atoms with van der Waals surface area (Å²) >= 11 is 3.99. The van der Waals surface area contributed by atoms with E-state index in [0.717, 1.165) is 10.6 Å². The van der Waals surface area contributed by atoms with Crippen LogP contribution in [0.25, 0.3) is 0 Å². The largest absolute Gasteiger partial charge is 0.271 e. The molecule has 0 fully saturated rings. The Labute approximate surface area is 56.9 Å². The number of nitrogens with zero attached hydrogens (tertiary/aromatic N) is 1. The van der Waals surface area contributed by atoms with E-state index in [9.17, 15) is 0 Å². The lowest BCUT2D eigenvalue weighted by atomic mass is 10.4. The average molecular weight is 146 g/mol. The van der Waals surface area contributed by atoms with Gasteiger partial charge in [0.15, 0.2) is 0 Å². The molecule has 0 aliphatic heterocycles. The maximum atomic E-state index is 3.99. The number of thiol groups is 1. The first kappa shape index (κ1) is 6.04. The van der Waals surface area contributed by atoms with Gasteiger partial charge in [-0.3, -0.25) is 5.10 Å². The van der Waals surface area contributed by atoms with E-state index in [1.807, 2.05) is 6.92 Å². The molecule has 0 amide bonds. The van der Waals surface area contributed by atoms with Crippen molar-refractivity contribution < 1.29 is 0 Å². The predicted octanol–water partition coefficient (Wildman–Crippen LogP) is 1.66. The summed E-state index contributed by atoms with van der Waals surface area (Å²) in [4.78, 5) is 0. The molecule has 0 bridgehead atoms. The van der Waals surface area contributed by atoms with E-state index >= 15 is 0 Å². The van der Waals surface area contributed by atoms with Gasteiger partial charge >= 0.3 is 0 Å². The first-order chi connectivity index (χ1) is 3.84. The predicted molar refractivity (Wildman–Crippen MR) is 38.2 cm³/mol. The molecule has 0 radical (unpaired) electrons. The second-order valence-corrected chi connectivity index (χ2v) is 2.61. The minimum atomic E-state index is 1.02. The fourth-order valence-corrected chi connectivity index (χ4v) is 1.27. The molecule has 0 spiro atoms. The monoisotopic (exact) mass is 146 g/mol. The van der Waals surface area contributed by atoms with Crippen LogP contribution in [0, 0.1) is 6.92 Å². The number of aromatic amines is 1. The topological polar surface area (TPSA) is 28.7 Å². The maximum Gasteiger partial charge on any atom is 0.104 e. The fraction of sp³-hybridized carbons (Fsp3) is 0.250. The van der Waals surface area contributed by atoms with Crippen LogP contribution in [-0.2, 0) is 0 Å². The zero-order valence-corrected chi connectivity index (χ0v) is 6.09. The molecule has 1 aromatic rings. The summed E-state index contributed by atoms with van der Waals surface area (Å²) in [5.41, 5.74) is 1.14. The highest BCUT2D eigenvalue weighted by atomic mass is 33.1. The first-order valence-corrected chi connectivity index (χ1v) is 4.03. The Morgan fingerprint density at radius 3 is 2.88 bits per heavy atom. The van der Waals surface area contributed by atoms with Crippen LogP contribution in [0.5, 0.6) is 0 Å². The van der Waals surface area contributed by atoms with E-state index in [2.05, 4.69) is 21.9 Å². The van der Waals surface area contributed by atoms with Crippen molar-refractivity contribution in [2.24, 2.45) is 0 Å². The average Bonchev–Trinajstić information content (AvgIpc) is 2.14. The van der Waals surface area contributed by atoms with Crippen LogP contribution in [0.15, 0.2) is 11.2 Å². The van der Waals surface area contributed by atoms with Gasteiger partial charge in [0.2, 0.25) is 0 Å². The molecule has 0 saturated heterocycles. The van der Waals surface area contributed by atoms with Gasteiger partial charge in [0.05, 0.1) is 6.20 Å². The third-order valence-corrected chi connectivity index (χ3v) is 2.02. The van der Waals surface area contributed by atoms with Gasteiger partial charge in [-0.2, -0.15) is 5.10 Å². The lowest BCUT2D eigenvalue weighted by Crippen LogP contribution is -1.67. The van der Waals surface area contributed by atoms with Gasteiger partial charge in [-0.15, -0.1) is 11.7 Å². The van der Waals surface area contributed by atoms with Crippen molar-refractivity contribution in [2.75, 3.05) is 0 Å². The second kappa shape index (κ2) is 2.46. The van der Waals surface area contributed by atoms with Crippen LogP contribution in [-0.4, -0.2) is 10.2 Å². The number of hydrogen-bond donors (Lipinski definition) is 2. The van der Waals surface area contributed by atoms with E-state index in [1.54, 1.807) is 6.20 Å². The number of aromatic nitrogens is 2. The molecule has 1 aromatic heterocycles. The Hall–Kier alpha value is -0.0900. The lowest BCUT2D eigenvalue weighted by molar-refractivity contribution is 1.00. The molecule has 1 N–H and O–H groups in total. The van der Waals surface area contributed by atoms with Crippen molar-refractivity contribution in [2.45, 2.75) is 11.9 Å². The fourth-order valence-electron chi connectivity index (χ4n) is 0.427. The Kier molecular flexibility index (Phi) is 1.85. The second-order valence-electron chi connectivity index (χ2n) is 1.47. The molecule has 0 aliphatic carbocycles. The Morgan fingerprint density at radius 2 is 2.62 bits per heavy atom. The molecule has 0 aromatic carbocycles. The van der Waals surface area contributed by atoms with Crippen molar-refractivity contribution >= 4 is 22.5 Å². The normalized spacial score (nSPS) is 9.75. The molecule has 0 aliphatic rings. The molecule has 8 heavy (non-hydrogen) atoms. The Morgan fingerprint density at radius 1 is 1.88 bits per heavy atom. The van der Waals surface area contributed by atoms with E-state index in [1.165, 1.54) is 10.8 Å². The van der Waals surface area contributed by atoms with Crippen molar-refractivity contribution in [3.8, 4) is 0 Å². The quantitative estimate of drug-likeness (QED) is 0.466. The van der Waals surface area contributed by atoms with Gasteiger partial charge in [0, 0.05) is 5.56 Å². The van der Waals surface area contributed by atoms with Crippen molar-refractivity contribution in [3.63, 3.8) is 0 Å². The molecular weight excluding hydrogens is 140 g/mol. The molecule has 0 unspecified atom stereocenters. The van der Waals surface area contributed by atoms with Crippen LogP contribution in [0.4, 0.5) is 0 Å². The lowest BCUT2D eigenvalue weighted by Gasteiger charge is -1.85. The summed E-state index contributed by atoms with van der Waals surface area (Å²) in [5.74, 6) is 0. The van der Waals surface area contributed by atoms with Gasteiger partial charge in [-0.1, -0.05) is 0 Å². The summed E-state index contributed by atoms with van der Waals surface area (Å²) in [5, 5.41) is 7.61. The van der Waals surface area contributed by atoms with Crippen LogP contribution >= 0.6 is 22.5 Å². The van der Waals surface area contributed by atoms with Crippen molar-refractivity contribution in [1.29, 1.82) is 0 Å². The van der Waals surface area contributed by atoms with Gasteiger partial charge in [0.25, 0.3) is 0 Å². The zero-order chi connectivity index (χ0) is 5.98. The summed E-state index contributed by atoms with van der Waals surface area (Å²) < 4.78 is 0. The third-order valence-electron chi connectivity index (χ3n) is 0.874. The van der Waals surface area contributed by atoms with Crippen LogP contribution in [0.2, 0.25) is 0 Å². The van der Waals surface area contributed by atoms with E-state index < -0.39 is 0 Å². The van der Waals surface area contributed by atoms with E-state index in [4.69, 9.17) is 0 Å². The number of H-pyrrole nitrogens is 1. The number of hydrogen-bond acceptors (Lipinski definition) is 3. The van der Waals surface area contributed by atoms with Gasteiger partial charge in [-0.05, 0) is 17.7 Å². The highest BCUT2D eigenvalue weighted by Crippen LogP contribution is 2.20. The smallest absolute Gasteiger partial charge is 0.104 e. The number of nitrogens with one attached hydrogen (secondary N) is 1. The first-order valence-electron chi connectivity index (χ1n) is 2.16. The Bertz CT molecular complexity index is 172. The number of aryl methyl sites for hydroxylation is 1. The van der Waals surface area contributed by atoms with Gasteiger partial charge in [0.1, 0.15) is 5.03 Å². The zero-order valence-electron chi connectivity index (χ0n) is 4.38. The van der Waals surface area contributed by atoms with E-state index in [0.29, 0.717) is 0 Å². The molecule has 1 rings (SSSR count). The molecule has 1 heterocycles. The highest BCUT2D eigenvalue weighted by molar-refractivity contribution is 8.68. The Balaban J connectivity index is 2.92. The maximum absolute atomic E-state index is 3.99. The van der Waals surface area contributed by atoms with Gasteiger partial charge in [-0.25, -0.2) is 0 Å². The number of rotatable bonds is 1. The summed E-state index contributed by atoms with van der Waals surface area (Å²) in [6, 6.07) is 0. The molecule has 0 atom stereocenters. The van der Waals surface area contributed by atoms with E-state index in [-0.39, 0.29) is 0 Å². The minimum Gasteiger partial charge on any atom is -0.271 e. The summed E-state index contributed by atoms with van der Waals surface area (Å²) in [6.07, 6.45) is 1.78. The van der Waals surface area contributed by atoms with Crippen LogP contribution < -0.4 is 0 Å². The van der Waals surface area contributed by atoms with Crippen LogP contribution in [0.1, 0.15) is 5.56 Å². The van der Waals surface area contributed by atoms with Crippen molar-refractivity contribution in [1.82, 2.24) is 10.2 Å². The molecule has 0 saturated carbocycles. The summed E-state index contributed by atoms with van der Waals surface area (Å²) in [7, 11) is 1.38. The highest BCUT2D eigenvalue weighted by Gasteiger charge is 1.94. The molecule has 2 nitrogen and oxygen atoms in total. The third kappa shape index (κ3) is 1.00. The SMILES string of the molecule is Cc1cn[nH]c1SS. The molecular formula is C4H6N2S2. The van der Waals surface area contributed by atoms with Crippen LogP contribution in [0.3, 0.4) is 0 Å². The summed E-state index contributed by atoms with van der Waals surface area (Å²) in [6.45, 7) is 1.99. The molecule has 4 heteroatoms. The minimum absolute atomic E-state index is 1.02. The standard InChI is InChI=1S/C4H6N2S2/c1-3-2-5-6-4(3)8-7/h2,7H,1H3,(H,5,6). The molecule has 44 valence electrons. The van der Waals surface area contributed by atoms with Gasteiger partial charge < -0.3 is 0 Å².